The number of hydrogen-bond acceptors (Lipinski definition) is 10. The number of aliphatic hydroxyl groups excluding tert-OH is 1. The van der Waals surface area contributed by atoms with Gasteiger partial charge < -0.3 is 47.7 Å². The Labute approximate surface area is 384 Å². The fourth-order valence-electron chi connectivity index (χ4n) is 12.8. The summed E-state index contributed by atoms with van der Waals surface area (Å²) < 4.78 is 53.7. The third-order valence-electron chi connectivity index (χ3n) is 17.0. The quantitative estimate of drug-likeness (QED) is 0.133. The highest BCUT2D eigenvalue weighted by molar-refractivity contribution is 5.27. The molecule has 3 saturated carbocycles. The second-order valence-electron chi connectivity index (χ2n) is 22.6. The van der Waals surface area contributed by atoms with Crippen LogP contribution in [0.25, 0.3) is 0 Å². The van der Waals surface area contributed by atoms with E-state index in [0.717, 1.165) is 58.0 Å². The zero-order chi connectivity index (χ0) is 45.6. The first-order chi connectivity index (χ1) is 29.3. The summed E-state index contributed by atoms with van der Waals surface area (Å²) in [6.45, 7) is 31.7. The first kappa shape index (κ1) is 53.0. The van der Waals surface area contributed by atoms with Gasteiger partial charge in [-0.1, -0.05) is 67.2 Å². The molecule has 0 aromatic heterocycles. The van der Waals surface area contributed by atoms with E-state index in [4.69, 9.17) is 47.7 Å². The maximum Gasteiger partial charge on any atom is 0.101 e. The number of epoxide rings is 6. The third kappa shape index (κ3) is 10.9. The fourth-order valence-corrected chi connectivity index (χ4v) is 12.8. The normalized spacial score (nSPS) is 47.0. The molecule has 366 valence electrons. The van der Waals surface area contributed by atoms with Gasteiger partial charge >= 0.3 is 0 Å². The van der Waals surface area contributed by atoms with E-state index in [1.54, 1.807) is 7.11 Å². The van der Waals surface area contributed by atoms with Crippen LogP contribution in [-0.4, -0.2) is 124 Å². The van der Waals surface area contributed by atoms with Crippen LogP contribution in [0.4, 0.5) is 0 Å². The van der Waals surface area contributed by atoms with Crippen molar-refractivity contribution in [2.75, 3.05) is 48.3 Å². The number of rotatable bonds is 14. The van der Waals surface area contributed by atoms with Gasteiger partial charge in [0.05, 0.1) is 73.6 Å². The van der Waals surface area contributed by atoms with E-state index in [1.807, 2.05) is 14.2 Å². The van der Waals surface area contributed by atoms with Crippen LogP contribution in [0.15, 0.2) is 23.8 Å². The van der Waals surface area contributed by atoms with Gasteiger partial charge in [-0.25, -0.2) is 0 Å². The van der Waals surface area contributed by atoms with Crippen molar-refractivity contribution in [3.05, 3.63) is 23.8 Å². The highest BCUT2D eigenvalue weighted by atomic mass is 16.6. The summed E-state index contributed by atoms with van der Waals surface area (Å²) in [5.74, 6) is 3.79. The summed E-state index contributed by atoms with van der Waals surface area (Å²) in [4.78, 5) is 0. The second-order valence-corrected chi connectivity index (χ2v) is 22.6. The lowest BCUT2D eigenvalue weighted by Crippen LogP contribution is -2.52. The second kappa shape index (κ2) is 20.4. The molecular formula is C53H94O10. The number of aliphatic hydroxyl groups is 1. The SMILES string of the molecule is C.C=C1CC[C@]2(CO2)[C@@H]([C@@]2(C)O[C@@H]2CC=C(C)C)[C@@H]1OC.CO.CO[C@@H]1C(C)CC[C@]2(CO2)[C@H]1[C@@]1(C)O[C@@H]1CCC(C)C.CO[C@@H]1C(C)CC[C@]2(CO2)[C@H]1[C@@]1(C)O[C@@H]1CCC(C)C. The summed E-state index contributed by atoms with van der Waals surface area (Å²) in [6.07, 6.45) is 16.6. The molecule has 0 aromatic carbocycles. The largest absolute Gasteiger partial charge is 0.400 e. The van der Waals surface area contributed by atoms with Crippen molar-refractivity contribution in [3.63, 3.8) is 0 Å². The Morgan fingerprint density at radius 3 is 1.40 bits per heavy atom. The molecule has 9 aliphatic rings. The zero-order valence-electron chi connectivity index (χ0n) is 41.8. The summed E-state index contributed by atoms with van der Waals surface area (Å²) in [5, 5.41) is 7.00. The molecule has 6 heterocycles. The average Bonchev–Trinajstić information content (AvgIpc) is 3.98. The molecule has 3 spiro atoms. The van der Waals surface area contributed by atoms with Gasteiger partial charge in [0.15, 0.2) is 0 Å². The van der Waals surface area contributed by atoms with Crippen molar-refractivity contribution in [1.82, 2.24) is 0 Å². The van der Waals surface area contributed by atoms with Crippen LogP contribution in [0.3, 0.4) is 0 Å². The molecule has 1 N–H and O–H groups in total. The highest BCUT2D eigenvalue weighted by Gasteiger charge is 2.73. The number of hydrogen-bond donors (Lipinski definition) is 1. The predicted molar refractivity (Wildman–Crippen MR) is 251 cm³/mol. The average molecular weight is 891 g/mol. The molecule has 10 nitrogen and oxygen atoms in total. The smallest absolute Gasteiger partial charge is 0.101 e. The topological polar surface area (TPSA) is 123 Å². The van der Waals surface area contributed by atoms with Crippen molar-refractivity contribution >= 4 is 0 Å². The van der Waals surface area contributed by atoms with E-state index in [0.29, 0.717) is 35.9 Å². The molecule has 6 aliphatic heterocycles. The first-order valence-electron chi connectivity index (χ1n) is 24.6. The molecule has 63 heavy (non-hydrogen) atoms. The van der Waals surface area contributed by atoms with Gasteiger partial charge in [-0.2, -0.15) is 0 Å². The molecule has 0 radical (unpaired) electrons. The van der Waals surface area contributed by atoms with Crippen LogP contribution in [0, 0.1) is 41.4 Å². The van der Waals surface area contributed by atoms with Crippen molar-refractivity contribution in [2.45, 2.75) is 224 Å². The third-order valence-corrected chi connectivity index (χ3v) is 17.0. The lowest BCUT2D eigenvalue weighted by Gasteiger charge is -2.42. The van der Waals surface area contributed by atoms with Gasteiger partial charge in [0, 0.05) is 40.3 Å². The Balaban J connectivity index is 0.000000173. The molecule has 0 amide bonds. The fraction of sp³-hybridized carbons (Fsp3) is 0.925. The Morgan fingerprint density at radius 1 is 0.667 bits per heavy atom. The Bertz CT molecular complexity index is 1460. The van der Waals surface area contributed by atoms with Crippen LogP contribution in [-0.2, 0) is 42.6 Å². The maximum absolute atomic E-state index is 7.00. The minimum atomic E-state index is -0.132. The van der Waals surface area contributed by atoms with Gasteiger partial charge in [0.25, 0.3) is 0 Å². The maximum atomic E-state index is 7.00. The molecular weight excluding hydrogens is 797 g/mol. The molecule has 6 saturated heterocycles. The molecule has 9 fully saturated rings. The minimum absolute atomic E-state index is 0. The Morgan fingerprint density at radius 2 is 1.05 bits per heavy atom. The number of methoxy groups -OCH3 is 3. The zero-order valence-corrected chi connectivity index (χ0v) is 41.8. The van der Waals surface area contributed by atoms with Gasteiger partial charge in [-0.15, -0.1) is 0 Å². The highest BCUT2D eigenvalue weighted by Crippen LogP contribution is 2.63. The van der Waals surface area contributed by atoms with Gasteiger partial charge in [0.1, 0.15) is 22.4 Å². The summed E-state index contributed by atoms with van der Waals surface area (Å²) in [5.41, 5.74) is 2.46. The summed E-state index contributed by atoms with van der Waals surface area (Å²) in [6, 6.07) is 0. The molecule has 0 aromatic rings. The van der Waals surface area contributed by atoms with E-state index in [1.165, 1.54) is 62.5 Å². The van der Waals surface area contributed by atoms with E-state index in [2.05, 4.69) is 88.8 Å². The first-order valence-corrected chi connectivity index (χ1v) is 24.6. The van der Waals surface area contributed by atoms with Gasteiger partial charge in [-0.05, 0) is 134 Å². The summed E-state index contributed by atoms with van der Waals surface area (Å²) >= 11 is 0. The van der Waals surface area contributed by atoms with E-state index in [9.17, 15) is 0 Å². The van der Waals surface area contributed by atoms with E-state index in [-0.39, 0.29) is 71.4 Å². The van der Waals surface area contributed by atoms with E-state index >= 15 is 0 Å². The van der Waals surface area contributed by atoms with Crippen molar-refractivity contribution in [3.8, 4) is 0 Å². The number of allylic oxidation sites excluding steroid dienone is 1. The van der Waals surface area contributed by atoms with Crippen LogP contribution in [0.1, 0.15) is 154 Å². The standard InChI is InChI=1S/2C17H30O3.C17H26O3.CH4O.CH4/c3*1-11(2)6-7-13-16(4,20-13)15-14(18-5)12(3)8-9-17(15)10-19-17;1-2;/h2*11-15H,6-10H2,1-5H3;6,13-15H,3,7-10H2,1-2,4-5H3;2H,1H3;1H4/t2*12?,13-,14-,15-,16+,17+;13-,14-,15-,16+,17+;;/m111../s1. The lowest BCUT2D eigenvalue weighted by molar-refractivity contribution is -0.0778. The predicted octanol–water partition coefficient (Wildman–Crippen LogP) is 10.3. The minimum Gasteiger partial charge on any atom is -0.400 e. The molecule has 17 atom stereocenters. The monoisotopic (exact) mass is 891 g/mol. The van der Waals surface area contributed by atoms with Gasteiger partial charge in [-0.3, -0.25) is 0 Å². The molecule has 0 bridgehead atoms. The van der Waals surface area contributed by atoms with Gasteiger partial charge in [0.2, 0.25) is 0 Å². The molecule has 3 aliphatic carbocycles. The summed E-state index contributed by atoms with van der Waals surface area (Å²) in [7, 11) is 6.48. The van der Waals surface area contributed by atoms with Crippen LogP contribution in [0.5, 0.6) is 0 Å². The van der Waals surface area contributed by atoms with E-state index < -0.39 is 0 Å². The Hall–Kier alpha value is -0.920. The molecule has 9 rings (SSSR count). The lowest BCUT2D eigenvalue weighted by atomic mass is 9.66. The van der Waals surface area contributed by atoms with Crippen molar-refractivity contribution in [2.24, 2.45) is 41.4 Å². The van der Waals surface area contributed by atoms with Crippen LogP contribution in [0.2, 0.25) is 0 Å². The Kier molecular flexibility index (Phi) is 17.1. The molecule has 2 unspecified atom stereocenters. The van der Waals surface area contributed by atoms with Crippen LogP contribution < -0.4 is 0 Å². The number of ether oxygens (including phenoxy) is 9. The van der Waals surface area contributed by atoms with Crippen molar-refractivity contribution < 1.29 is 47.7 Å². The molecule has 10 heteroatoms. The van der Waals surface area contributed by atoms with Crippen molar-refractivity contribution in [1.29, 1.82) is 0 Å². The van der Waals surface area contributed by atoms with Crippen LogP contribution >= 0.6 is 0 Å².